The van der Waals surface area contributed by atoms with Gasteiger partial charge in [-0.15, -0.1) is 0 Å². The Morgan fingerprint density at radius 1 is 0.923 bits per heavy atom. The van der Waals surface area contributed by atoms with Crippen molar-refractivity contribution in [2.75, 3.05) is 13.2 Å². The number of aryl methyl sites for hydroxylation is 1. The summed E-state index contributed by atoms with van der Waals surface area (Å²) in [5.74, 6) is -0.440. The molecule has 39 heavy (non-hydrogen) atoms. The van der Waals surface area contributed by atoms with Gasteiger partial charge in [0, 0.05) is 5.56 Å². The van der Waals surface area contributed by atoms with Crippen molar-refractivity contribution >= 4 is 34.8 Å². The maximum Gasteiger partial charge on any atom is 0.344 e. The van der Waals surface area contributed by atoms with Crippen LogP contribution in [0.3, 0.4) is 0 Å². The number of aliphatic hydroxyl groups excluding tert-OH is 1. The zero-order chi connectivity index (χ0) is 27.8. The van der Waals surface area contributed by atoms with Crippen LogP contribution in [0.5, 0.6) is 11.5 Å². The molecular formula is C31H29NO6S. The Morgan fingerprint density at radius 3 is 2.36 bits per heavy atom. The molecule has 0 saturated carbocycles. The second-order valence-corrected chi connectivity index (χ2v) is 9.59. The fraction of sp³-hybridized carbons (Fsp3) is 0.194. The first kappa shape index (κ1) is 27.7. The van der Waals surface area contributed by atoms with Gasteiger partial charge >= 0.3 is 5.97 Å². The van der Waals surface area contributed by atoms with Crippen LogP contribution in [0.25, 0.3) is 6.08 Å². The molecule has 1 aliphatic heterocycles. The molecule has 0 atom stereocenters. The molecule has 0 bridgehead atoms. The van der Waals surface area contributed by atoms with Gasteiger partial charge in [-0.25, -0.2) is 9.79 Å². The van der Waals surface area contributed by atoms with E-state index in [0.717, 1.165) is 17.3 Å². The quantitative estimate of drug-likeness (QED) is 0.301. The van der Waals surface area contributed by atoms with Crippen LogP contribution in [0.2, 0.25) is 0 Å². The number of rotatable bonds is 9. The molecule has 0 aromatic heterocycles. The molecular weight excluding hydrogens is 514 g/mol. The summed E-state index contributed by atoms with van der Waals surface area (Å²) in [6.07, 6.45) is 1.70. The van der Waals surface area contributed by atoms with Gasteiger partial charge in [0.15, 0.2) is 11.5 Å². The summed E-state index contributed by atoms with van der Waals surface area (Å²) in [7, 11) is 0. The molecule has 8 heteroatoms. The molecule has 0 unspecified atom stereocenters. The number of ether oxygens (including phenoxy) is 3. The van der Waals surface area contributed by atoms with E-state index >= 15 is 0 Å². The number of aliphatic hydroxyl groups is 1. The summed E-state index contributed by atoms with van der Waals surface area (Å²) in [5, 5.41) is 11.0. The molecule has 4 rings (SSSR count). The van der Waals surface area contributed by atoms with Gasteiger partial charge < -0.3 is 19.3 Å². The first-order valence-corrected chi connectivity index (χ1v) is 13.3. The fourth-order valence-corrected chi connectivity index (χ4v) is 4.74. The van der Waals surface area contributed by atoms with Gasteiger partial charge in [-0.2, -0.15) is 0 Å². The lowest BCUT2D eigenvalue weighted by Gasteiger charge is -2.13. The average molecular weight is 544 g/mol. The average Bonchev–Trinajstić information content (AvgIpc) is 3.24. The maximum atomic E-state index is 12.7. The number of esters is 1. The van der Waals surface area contributed by atoms with Crippen LogP contribution in [0.15, 0.2) is 94.0 Å². The summed E-state index contributed by atoms with van der Waals surface area (Å²) in [6, 6.07) is 22.0. The van der Waals surface area contributed by atoms with Crippen molar-refractivity contribution in [2.45, 2.75) is 27.4 Å². The van der Waals surface area contributed by atoms with E-state index in [9.17, 15) is 14.7 Å². The summed E-state index contributed by atoms with van der Waals surface area (Å²) >= 11 is 1.02. The van der Waals surface area contributed by atoms with E-state index in [1.54, 1.807) is 55.5 Å². The van der Waals surface area contributed by atoms with Crippen LogP contribution in [-0.2, 0) is 16.1 Å². The SMILES string of the molecule is CCOC(=O)C1=C(O)/C(=C/c2ccc(OCc3ccc(C)cc3)c(OCC)c2)SC1=NC(=O)c1ccccc1. The Morgan fingerprint density at radius 2 is 1.67 bits per heavy atom. The predicted molar refractivity (Wildman–Crippen MR) is 153 cm³/mol. The second-order valence-electron chi connectivity index (χ2n) is 8.56. The Balaban J connectivity index is 1.62. The molecule has 1 heterocycles. The zero-order valence-corrected chi connectivity index (χ0v) is 22.8. The molecule has 1 N–H and O–H groups in total. The zero-order valence-electron chi connectivity index (χ0n) is 22.0. The van der Waals surface area contributed by atoms with Gasteiger partial charge in [-0.1, -0.05) is 65.9 Å². The molecule has 0 aliphatic carbocycles. The van der Waals surface area contributed by atoms with Gasteiger partial charge in [0.1, 0.15) is 23.0 Å². The number of hydrogen-bond donors (Lipinski definition) is 1. The van der Waals surface area contributed by atoms with Crippen molar-refractivity contribution in [1.82, 2.24) is 0 Å². The third-order valence-electron chi connectivity index (χ3n) is 5.67. The first-order valence-electron chi connectivity index (χ1n) is 12.5. The van der Waals surface area contributed by atoms with E-state index in [0.29, 0.717) is 40.7 Å². The van der Waals surface area contributed by atoms with Crippen LogP contribution in [0.1, 0.15) is 40.9 Å². The lowest BCUT2D eigenvalue weighted by Crippen LogP contribution is -2.14. The highest BCUT2D eigenvalue weighted by Gasteiger charge is 2.34. The molecule has 3 aromatic rings. The minimum atomic E-state index is -0.750. The number of carbonyl (C=O) groups excluding carboxylic acids is 2. The molecule has 7 nitrogen and oxygen atoms in total. The number of nitrogens with zero attached hydrogens (tertiary/aromatic N) is 1. The summed E-state index contributed by atoms with van der Waals surface area (Å²) in [6.45, 7) is 6.52. The highest BCUT2D eigenvalue weighted by Crippen LogP contribution is 2.40. The van der Waals surface area contributed by atoms with Crippen molar-refractivity contribution in [3.05, 3.63) is 111 Å². The summed E-state index contributed by atoms with van der Waals surface area (Å²) in [4.78, 5) is 29.9. The Kier molecular flexibility index (Phi) is 9.22. The standard InChI is InChI=1S/C31H29NO6S/c1-4-36-25-17-22(15-16-24(25)38-19-21-13-11-20(3)12-14-21)18-26-28(33)27(31(35)37-5-2)30(39-26)32-29(34)23-9-7-6-8-10-23/h6-18,33H,4-5,19H2,1-3H3/b26-18-,32-30?. The Hall–Kier alpha value is -4.30. The van der Waals surface area contributed by atoms with E-state index in [4.69, 9.17) is 14.2 Å². The largest absolute Gasteiger partial charge is 0.506 e. The molecule has 200 valence electrons. The fourth-order valence-electron chi connectivity index (χ4n) is 3.73. The summed E-state index contributed by atoms with van der Waals surface area (Å²) in [5.41, 5.74) is 3.15. The lowest BCUT2D eigenvalue weighted by atomic mass is 10.1. The smallest absolute Gasteiger partial charge is 0.344 e. The molecule has 1 aliphatic rings. The molecule has 1 amide bonds. The lowest BCUT2D eigenvalue weighted by molar-refractivity contribution is -0.138. The third kappa shape index (κ3) is 6.97. The first-order chi connectivity index (χ1) is 18.9. The van der Waals surface area contributed by atoms with Crippen LogP contribution in [0, 0.1) is 6.92 Å². The van der Waals surface area contributed by atoms with Crippen LogP contribution in [0.4, 0.5) is 0 Å². The van der Waals surface area contributed by atoms with E-state index < -0.39 is 11.9 Å². The highest BCUT2D eigenvalue weighted by atomic mass is 32.2. The topological polar surface area (TPSA) is 94.4 Å². The number of thioether (sulfide) groups is 1. The second kappa shape index (κ2) is 13.0. The van der Waals surface area contributed by atoms with Crippen molar-refractivity contribution in [3.63, 3.8) is 0 Å². The Labute approximate surface area is 231 Å². The minimum absolute atomic E-state index is 0.0779. The normalized spacial score (nSPS) is 15.1. The van der Waals surface area contributed by atoms with Crippen molar-refractivity contribution in [1.29, 1.82) is 0 Å². The van der Waals surface area contributed by atoms with Crippen molar-refractivity contribution in [2.24, 2.45) is 4.99 Å². The van der Waals surface area contributed by atoms with E-state index in [2.05, 4.69) is 4.99 Å². The van der Waals surface area contributed by atoms with Crippen molar-refractivity contribution < 1.29 is 28.9 Å². The van der Waals surface area contributed by atoms with Crippen molar-refractivity contribution in [3.8, 4) is 11.5 Å². The van der Waals surface area contributed by atoms with Gasteiger partial charge in [-0.05, 0) is 62.2 Å². The molecule has 0 saturated heterocycles. The highest BCUT2D eigenvalue weighted by molar-refractivity contribution is 8.18. The predicted octanol–water partition coefficient (Wildman–Crippen LogP) is 6.67. The monoisotopic (exact) mass is 543 g/mol. The van der Waals surface area contributed by atoms with Crippen LogP contribution < -0.4 is 9.47 Å². The van der Waals surface area contributed by atoms with Crippen LogP contribution in [-0.4, -0.2) is 35.2 Å². The summed E-state index contributed by atoms with van der Waals surface area (Å²) < 4.78 is 16.9. The molecule has 0 fully saturated rings. The van der Waals surface area contributed by atoms with Gasteiger partial charge in [0.05, 0.1) is 18.1 Å². The third-order valence-corrected chi connectivity index (χ3v) is 6.69. The molecule has 0 radical (unpaired) electrons. The Bertz CT molecular complexity index is 1440. The number of aliphatic imine (C=N–C) groups is 1. The van der Waals surface area contributed by atoms with E-state index in [1.807, 2.05) is 44.2 Å². The number of hydrogen-bond acceptors (Lipinski definition) is 7. The van der Waals surface area contributed by atoms with Crippen LogP contribution >= 0.6 is 11.8 Å². The number of carbonyl (C=O) groups is 2. The van der Waals surface area contributed by atoms with Gasteiger partial charge in [0.2, 0.25) is 0 Å². The van der Waals surface area contributed by atoms with E-state index in [1.165, 1.54) is 5.56 Å². The van der Waals surface area contributed by atoms with Gasteiger partial charge in [-0.3, -0.25) is 4.79 Å². The number of benzene rings is 3. The van der Waals surface area contributed by atoms with Gasteiger partial charge in [0.25, 0.3) is 5.91 Å². The number of amides is 1. The molecule has 0 spiro atoms. The van der Waals surface area contributed by atoms with E-state index in [-0.39, 0.29) is 23.0 Å². The minimum Gasteiger partial charge on any atom is -0.506 e. The molecule has 3 aromatic carbocycles. The maximum absolute atomic E-state index is 12.7.